The number of ether oxygens (including phenoxy) is 1. The maximum Gasteiger partial charge on any atom is 0.369 e. The van der Waals surface area contributed by atoms with Crippen LogP contribution in [0.2, 0.25) is 0 Å². The molecule has 0 bridgehead atoms. The molecule has 0 aromatic carbocycles. The van der Waals surface area contributed by atoms with Crippen LogP contribution in [0.25, 0.3) is 0 Å². The molecule has 0 rings (SSSR count). The van der Waals surface area contributed by atoms with Crippen molar-refractivity contribution in [2.45, 2.75) is 20.3 Å². The highest BCUT2D eigenvalue weighted by atomic mass is 31.2. The first-order valence-electron chi connectivity index (χ1n) is 5.83. The van der Waals surface area contributed by atoms with Crippen LogP contribution in [0.1, 0.15) is 20.3 Å². The third-order valence-corrected chi connectivity index (χ3v) is 2.96. The summed E-state index contributed by atoms with van der Waals surface area (Å²) in [6.45, 7) is 3.58. The highest BCUT2D eigenvalue weighted by Crippen LogP contribution is 2.42. The molecule has 0 aromatic rings. The lowest BCUT2D eigenvalue weighted by atomic mass is 10.4. The number of nitrogens with zero attached hydrogens (tertiary/aromatic N) is 2. The Balaban J connectivity index is 4.44. The normalized spacial score (nSPS) is 13.8. The number of esters is 1. The first kappa shape index (κ1) is 18.0. The third kappa shape index (κ3) is 9.59. The molecule has 0 heterocycles. The lowest BCUT2D eigenvalue weighted by Gasteiger charge is -2.21. The van der Waals surface area contributed by atoms with E-state index in [1.165, 1.54) is 4.90 Å². The first-order chi connectivity index (χ1) is 8.95. The zero-order valence-corrected chi connectivity index (χ0v) is 12.0. The van der Waals surface area contributed by atoms with E-state index in [1.54, 1.807) is 13.8 Å². The zero-order chi connectivity index (χ0) is 14.7. The summed E-state index contributed by atoms with van der Waals surface area (Å²) in [5.74, 6) is -0.531. The van der Waals surface area contributed by atoms with Crippen molar-refractivity contribution in [1.82, 2.24) is 4.90 Å². The molecule has 19 heavy (non-hydrogen) atoms. The number of hydrogen-bond donors (Lipinski definition) is 1. The van der Waals surface area contributed by atoms with Crippen molar-refractivity contribution in [3.05, 3.63) is 0 Å². The molecule has 1 unspecified atom stereocenters. The van der Waals surface area contributed by atoms with Gasteiger partial charge in [0.05, 0.1) is 25.8 Å². The lowest BCUT2D eigenvalue weighted by Crippen LogP contribution is -2.33. The molecule has 0 fully saturated rings. The molecule has 0 aliphatic heterocycles. The Kier molecular flexibility index (Phi) is 9.39. The van der Waals surface area contributed by atoms with Gasteiger partial charge in [-0.05, 0) is 13.8 Å². The number of carbonyl (C=O) groups is 1. The van der Waals surface area contributed by atoms with Gasteiger partial charge >= 0.3 is 13.6 Å². The second-order valence-electron chi connectivity index (χ2n) is 3.53. The second kappa shape index (κ2) is 9.89. The molecular formula is C10H19N2O6P. The van der Waals surface area contributed by atoms with Crippen LogP contribution < -0.4 is 0 Å². The molecule has 110 valence electrons. The van der Waals surface area contributed by atoms with Gasteiger partial charge in [-0.1, -0.05) is 0 Å². The summed E-state index contributed by atoms with van der Waals surface area (Å²) >= 11 is 0. The number of nitriles is 1. The van der Waals surface area contributed by atoms with Crippen molar-refractivity contribution in [3.63, 3.8) is 0 Å². The number of rotatable bonds is 10. The fourth-order valence-electron chi connectivity index (χ4n) is 1.21. The van der Waals surface area contributed by atoms with E-state index in [0.717, 1.165) is 0 Å². The average molecular weight is 294 g/mol. The molecule has 0 saturated carbocycles. The van der Waals surface area contributed by atoms with Gasteiger partial charge in [-0.3, -0.25) is 14.3 Å². The van der Waals surface area contributed by atoms with E-state index in [1.807, 2.05) is 6.07 Å². The largest absolute Gasteiger partial charge is 0.465 e. The Labute approximate surface area is 112 Å². The van der Waals surface area contributed by atoms with Crippen molar-refractivity contribution >= 4 is 13.6 Å². The van der Waals surface area contributed by atoms with Crippen molar-refractivity contribution in [2.75, 3.05) is 32.6 Å². The Morgan fingerprint density at radius 3 is 2.63 bits per heavy atom. The van der Waals surface area contributed by atoms with Gasteiger partial charge < -0.3 is 9.63 Å². The number of hydrogen-bond acceptors (Lipinski definition) is 7. The van der Waals surface area contributed by atoms with Crippen LogP contribution >= 0.6 is 7.60 Å². The quantitative estimate of drug-likeness (QED) is 0.273. The summed E-state index contributed by atoms with van der Waals surface area (Å²) in [7, 11) is -3.99. The van der Waals surface area contributed by atoms with Gasteiger partial charge in [0, 0.05) is 13.0 Å². The molecule has 0 amide bonds. The molecule has 9 heteroatoms. The molecular weight excluding hydrogens is 275 g/mol. The van der Waals surface area contributed by atoms with E-state index < -0.39 is 19.9 Å². The van der Waals surface area contributed by atoms with Gasteiger partial charge in [-0.2, -0.15) is 5.26 Å². The Hall–Kier alpha value is -0.970. The maximum atomic E-state index is 11.6. The molecule has 0 aliphatic carbocycles. The standard InChI is InChI=1S/C10H19N2O6P/c1-3-16-10(13)8-12(7-5-6-11)9-19(14,15)18-17-4-2/h3-5,7-9H2,1-2H3,(H,14,15). The molecule has 0 aromatic heterocycles. The molecule has 8 nitrogen and oxygen atoms in total. The fraction of sp³-hybridized carbons (Fsp3) is 0.800. The van der Waals surface area contributed by atoms with Crippen LogP contribution in [0.3, 0.4) is 0 Å². The summed E-state index contributed by atoms with van der Waals surface area (Å²) in [5.41, 5.74) is 0. The Bertz CT molecular complexity index is 356. The lowest BCUT2D eigenvalue weighted by molar-refractivity contribution is -0.209. The summed E-state index contributed by atoms with van der Waals surface area (Å²) in [6.07, 6.45) is -0.290. The van der Waals surface area contributed by atoms with E-state index in [4.69, 9.17) is 10.00 Å². The van der Waals surface area contributed by atoms with Crippen molar-refractivity contribution in [2.24, 2.45) is 0 Å². The van der Waals surface area contributed by atoms with Gasteiger partial charge in [0.1, 0.15) is 6.29 Å². The van der Waals surface area contributed by atoms with Crippen LogP contribution in [-0.2, 0) is 23.7 Å². The minimum atomic E-state index is -3.99. The van der Waals surface area contributed by atoms with Crippen molar-refractivity contribution < 1.29 is 28.6 Å². The molecule has 0 spiro atoms. The van der Waals surface area contributed by atoms with Crippen LogP contribution in [0.5, 0.6) is 0 Å². The molecule has 1 atom stereocenters. The topological polar surface area (TPSA) is 109 Å². The third-order valence-electron chi connectivity index (χ3n) is 1.86. The van der Waals surface area contributed by atoms with E-state index in [-0.39, 0.29) is 32.7 Å². The van der Waals surface area contributed by atoms with E-state index in [0.29, 0.717) is 0 Å². The van der Waals surface area contributed by atoms with Crippen LogP contribution in [-0.4, -0.2) is 48.4 Å². The van der Waals surface area contributed by atoms with Crippen molar-refractivity contribution in [1.29, 1.82) is 5.26 Å². The molecule has 0 radical (unpaired) electrons. The predicted molar refractivity (Wildman–Crippen MR) is 65.8 cm³/mol. The molecule has 1 N–H and O–H groups in total. The van der Waals surface area contributed by atoms with Crippen LogP contribution in [0.15, 0.2) is 0 Å². The first-order valence-corrected chi connectivity index (χ1v) is 7.59. The average Bonchev–Trinajstić information content (AvgIpc) is 2.33. The summed E-state index contributed by atoms with van der Waals surface area (Å²) in [5, 5.41) is 8.51. The maximum absolute atomic E-state index is 11.6. The summed E-state index contributed by atoms with van der Waals surface area (Å²) in [6, 6.07) is 1.90. The fourth-order valence-corrected chi connectivity index (χ4v) is 2.27. The zero-order valence-electron chi connectivity index (χ0n) is 11.1. The highest BCUT2D eigenvalue weighted by Gasteiger charge is 2.26. The van der Waals surface area contributed by atoms with E-state index in [9.17, 15) is 14.3 Å². The molecule has 0 saturated heterocycles. The molecule has 0 aliphatic rings. The number of carbonyl (C=O) groups excluding carboxylic acids is 1. The summed E-state index contributed by atoms with van der Waals surface area (Å²) < 4.78 is 20.7. The van der Waals surface area contributed by atoms with E-state index >= 15 is 0 Å². The predicted octanol–water partition coefficient (Wildman–Crippen LogP) is 0.876. The van der Waals surface area contributed by atoms with Gasteiger partial charge in [0.15, 0.2) is 0 Å². The SMILES string of the molecule is CCOOP(=O)(O)CN(CCC#N)CC(=O)OCC. The van der Waals surface area contributed by atoms with Gasteiger partial charge in [0.2, 0.25) is 0 Å². The minimum absolute atomic E-state index is 0.119. The monoisotopic (exact) mass is 294 g/mol. The smallest absolute Gasteiger partial charge is 0.369 e. The summed E-state index contributed by atoms with van der Waals surface area (Å²) in [4.78, 5) is 26.6. The van der Waals surface area contributed by atoms with Gasteiger partial charge in [-0.25, -0.2) is 4.89 Å². The highest BCUT2D eigenvalue weighted by molar-refractivity contribution is 7.52. The minimum Gasteiger partial charge on any atom is -0.465 e. The Morgan fingerprint density at radius 2 is 2.11 bits per heavy atom. The van der Waals surface area contributed by atoms with Crippen LogP contribution in [0.4, 0.5) is 0 Å². The Morgan fingerprint density at radius 1 is 1.42 bits per heavy atom. The van der Waals surface area contributed by atoms with Crippen molar-refractivity contribution in [3.8, 4) is 6.07 Å². The second-order valence-corrected chi connectivity index (χ2v) is 5.23. The van der Waals surface area contributed by atoms with E-state index in [2.05, 4.69) is 9.56 Å². The van der Waals surface area contributed by atoms with Crippen LogP contribution in [0, 0.1) is 11.3 Å². The van der Waals surface area contributed by atoms with Gasteiger partial charge in [-0.15, -0.1) is 4.67 Å². The van der Waals surface area contributed by atoms with Gasteiger partial charge in [0.25, 0.3) is 0 Å².